The Balaban J connectivity index is 2.22. The van der Waals surface area contributed by atoms with Gasteiger partial charge in [-0.25, -0.2) is 8.42 Å². The average Bonchev–Trinajstić information content (AvgIpc) is 2.84. The maximum absolute atomic E-state index is 13.4. The second kappa shape index (κ2) is 13.9. The molecular formula is C27H39N3O6S. The highest BCUT2D eigenvalue weighted by Crippen LogP contribution is 2.30. The molecule has 0 saturated heterocycles. The van der Waals surface area contributed by atoms with Crippen LogP contribution in [0.15, 0.2) is 48.5 Å². The van der Waals surface area contributed by atoms with E-state index in [0.29, 0.717) is 23.8 Å². The first-order chi connectivity index (χ1) is 17.5. The zero-order valence-corrected chi connectivity index (χ0v) is 23.4. The van der Waals surface area contributed by atoms with Crippen molar-refractivity contribution in [3.63, 3.8) is 0 Å². The summed E-state index contributed by atoms with van der Waals surface area (Å²) in [5.41, 5.74) is 1.25. The van der Waals surface area contributed by atoms with Crippen molar-refractivity contribution in [3.05, 3.63) is 54.1 Å². The molecule has 0 spiro atoms. The summed E-state index contributed by atoms with van der Waals surface area (Å²) in [6.07, 6.45) is 1.45. The molecule has 0 fully saturated rings. The van der Waals surface area contributed by atoms with Crippen molar-refractivity contribution in [3.8, 4) is 11.5 Å². The van der Waals surface area contributed by atoms with Gasteiger partial charge in [-0.1, -0.05) is 24.3 Å². The van der Waals surface area contributed by atoms with Crippen LogP contribution in [0.25, 0.3) is 0 Å². The third-order valence-electron chi connectivity index (χ3n) is 5.67. The minimum Gasteiger partial charge on any atom is -0.497 e. The van der Waals surface area contributed by atoms with Crippen LogP contribution in [0.1, 0.15) is 46.1 Å². The van der Waals surface area contributed by atoms with E-state index in [4.69, 9.17) is 9.47 Å². The van der Waals surface area contributed by atoms with Crippen LogP contribution in [0, 0.1) is 0 Å². The van der Waals surface area contributed by atoms with Crippen molar-refractivity contribution in [2.24, 2.45) is 0 Å². The molecule has 37 heavy (non-hydrogen) atoms. The molecule has 2 amide bonds. The van der Waals surface area contributed by atoms with Crippen molar-refractivity contribution in [1.82, 2.24) is 10.2 Å². The molecule has 9 nitrogen and oxygen atoms in total. The lowest BCUT2D eigenvalue weighted by molar-refractivity contribution is -0.140. The van der Waals surface area contributed by atoms with Gasteiger partial charge in [-0.2, -0.15) is 0 Å². The minimum absolute atomic E-state index is 0.0616. The van der Waals surface area contributed by atoms with E-state index in [1.807, 2.05) is 45.0 Å². The SMILES string of the molecule is CCOc1ccccc1N(CCCC(=O)N(Cc1cccc(OC)c1)C(C)C(=O)NC(C)C)S(C)(=O)=O. The molecular weight excluding hydrogens is 494 g/mol. The lowest BCUT2D eigenvalue weighted by atomic mass is 10.1. The molecule has 0 aliphatic carbocycles. The fourth-order valence-corrected chi connectivity index (χ4v) is 4.85. The summed E-state index contributed by atoms with van der Waals surface area (Å²) in [4.78, 5) is 27.7. The van der Waals surface area contributed by atoms with Crippen LogP contribution in [-0.4, -0.2) is 63.7 Å². The number of hydrogen-bond donors (Lipinski definition) is 1. The molecule has 0 aromatic heterocycles. The van der Waals surface area contributed by atoms with E-state index in [2.05, 4.69) is 5.32 Å². The summed E-state index contributed by atoms with van der Waals surface area (Å²) >= 11 is 0. The minimum atomic E-state index is -3.63. The second-order valence-electron chi connectivity index (χ2n) is 9.05. The Morgan fingerprint density at radius 3 is 2.38 bits per heavy atom. The van der Waals surface area contributed by atoms with Gasteiger partial charge in [0.15, 0.2) is 0 Å². The third kappa shape index (κ3) is 8.96. The van der Waals surface area contributed by atoms with E-state index in [0.717, 1.165) is 11.8 Å². The standard InChI is InChI=1S/C27H39N3O6S/c1-7-36-25-15-9-8-14-24(25)30(37(6,33)34)17-11-16-26(31)29(21(4)27(32)28-20(2)3)19-22-12-10-13-23(18-22)35-5/h8-10,12-15,18,20-21H,7,11,16-17,19H2,1-6H3,(H,28,32). The number of carbonyl (C=O) groups excluding carboxylic acids is 2. The van der Waals surface area contributed by atoms with E-state index >= 15 is 0 Å². The summed E-state index contributed by atoms with van der Waals surface area (Å²) in [5, 5.41) is 2.86. The van der Waals surface area contributed by atoms with Crippen molar-refractivity contribution in [1.29, 1.82) is 0 Å². The zero-order valence-electron chi connectivity index (χ0n) is 22.6. The molecule has 10 heteroatoms. The highest BCUT2D eigenvalue weighted by Gasteiger charge is 2.27. The molecule has 0 radical (unpaired) electrons. The lowest BCUT2D eigenvalue weighted by Gasteiger charge is -2.30. The normalized spacial score (nSPS) is 12.1. The predicted molar refractivity (Wildman–Crippen MR) is 145 cm³/mol. The molecule has 1 unspecified atom stereocenters. The molecule has 0 aliphatic heterocycles. The number of benzene rings is 2. The number of rotatable bonds is 14. The van der Waals surface area contributed by atoms with Crippen LogP contribution >= 0.6 is 0 Å². The molecule has 0 saturated carbocycles. The molecule has 0 bridgehead atoms. The smallest absolute Gasteiger partial charge is 0.242 e. The monoisotopic (exact) mass is 533 g/mol. The Hall–Kier alpha value is -3.27. The number of carbonyl (C=O) groups is 2. The quantitative estimate of drug-likeness (QED) is 0.398. The number of ether oxygens (including phenoxy) is 2. The van der Waals surface area contributed by atoms with E-state index in [9.17, 15) is 18.0 Å². The molecule has 0 heterocycles. The van der Waals surface area contributed by atoms with Crippen LogP contribution in [0.2, 0.25) is 0 Å². The molecule has 204 valence electrons. The van der Waals surface area contributed by atoms with Gasteiger partial charge < -0.3 is 19.7 Å². The van der Waals surface area contributed by atoms with E-state index in [1.165, 1.54) is 9.21 Å². The number of sulfonamides is 1. The van der Waals surface area contributed by atoms with Gasteiger partial charge in [0, 0.05) is 25.6 Å². The first kappa shape index (κ1) is 30.0. The van der Waals surface area contributed by atoms with Gasteiger partial charge in [0.2, 0.25) is 21.8 Å². The highest BCUT2D eigenvalue weighted by molar-refractivity contribution is 7.92. The molecule has 1 atom stereocenters. The van der Waals surface area contributed by atoms with Crippen molar-refractivity contribution in [2.45, 2.75) is 59.2 Å². The summed E-state index contributed by atoms with van der Waals surface area (Å²) in [6, 6.07) is 13.5. The summed E-state index contributed by atoms with van der Waals surface area (Å²) in [5.74, 6) is 0.608. The van der Waals surface area contributed by atoms with Gasteiger partial charge in [0.25, 0.3) is 0 Å². The van der Waals surface area contributed by atoms with Gasteiger partial charge in [-0.05, 0) is 63.9 Å². The van der Waals surface area contributed by atoms with Crippen molar-refractivity contribution >= 4 is 27.5 Å². The third-order valence-corrected chi connectivity index (χ3v) is 6.85. The Labute approximate surface area is 220 Å². The lowest BCUT2D eigenvalue weighted by Crippen LogP contribution is -2.49. The molecule has 2 aromatic rings. The van der Waals surface area contributed by atoms with Crippen LogP contribution in [0.5, 0.6) is 11.5 Å². The Bertz CT molecular complexity index is 1150. The molecule has 0 aliphatic rings. The first-order valence-electron chi connectivity index (χ1n) is 12.4. The van der Waals surface area contributed by atoms with E-state index in [1.54, 1.807) is 38.3 Å². The number of methoxy groups -OCH3 is 1. The van der Waals surface area contributed by atoms with Crippen molar-refractivity contribution < 1.29 is 27.5 Å². The fraction of sp³-hybridized carbons (Fsp3) is 0.481. The number of para-hydroxylation sites is 2. The number of amides is 2. The summed E-state index contributed by atoms with van der Waals surface area (Å²) < 4.78 is 37.4. The zero-order chi connectivity index (χ0) is 27.6. The first-order valence-corrected chi connectivity index (χ1v) is 14.2. The summed E-state index contributed by atoms with van der Waals surface area (Å²) in [7, 11) is -2.06. The summed E-state index contributed by atoms with van der Waals surface area (Å²) in [6.45, 7) is 7.94. The van der Waals surface area contributed by atoms with Gasteiger partial charge in [-0.3, -0.25) is 13.9 Å². The van der Waals surface area contributed by atoms with Gasteiger partial charge in [0.05, 0.1) is 25.7 Å². The average molecular weight is 534 g/mol. The van der Waals surface area contributed by atoms with Gasteiger partial charge in [0.1, 0.15) is 17.5 Å². The van der Waals surface area contributed by atoms with Crippen LogP contribution in [-0.2, 0) is 26.2 Å². The largest absolute Gasteiger partial charge is 0.497 e. The number of nitrogens with one attached hydrogen (secondary N) is 1. The highest BCUT2D eigenvalue weighted by atomic mass is 32.2. The molecule has 2 aromatic carbocycles. The topological polar surface area (TPSA) is 105 Å². The Kier molecular flexibility index (Phi) is 11.2. The Morgan fingerprint density at radius 2 is 1.76 bits per heavy atom. The predicted octanol–water partition coefficient (Wildman–Crippen LogP) is 3.58. The fourth-order valence-electron chi connectivity index (χ4n) is 3.88. The van der Waals surface area contributed by atoms with Gasteiger partial charge in [-0.15, -0.1) is 0 Å². The number of nitrogens with zero attached hydrogens (tertiary/aromatic N) is 2. The number of anilines is 1. The van der Waals surface area contributed by atoms with Gasteiger partial charge >= 0.3 is 0 Å². The molecule has 1 N–H and O–H groups in total. The van der Waals surface area contributed by atoms with Crippen LogP contribution in [0.4, 0.5) is 5.69 Å². The van der Waals surface area contributed by atoms with Crippen LogP contribution in [0.3, 0.4) is 0 Å². The van der Waals surface area contributed by atoms with E-state index in [-0.39, 0.29) is 43.8 Å². The van der Waals surface area contributed by atoms with Crippen molar-refractivity contribution in [2.75, 3.05) is 30.8 Å². The Morgan fingerprint density at radius 1 is 1.05 bits per heavy atom. The van der Waals surface area contributed by atoms with Crippen LogP contribution < -0.4 is 19.1 Å². The maximum Gasteiger partial charge on any atom is 0.242 e. The van der Waals surface area contributed by atoms with E-state index < -0.39 is 16.1 Å². The maximum atomic E-state index is 13.4. The number of hydrogen-bond acceptors (Lipinski definition) is 6. The molecule has 2 rings (SSSR count). The second-order valence-corrected chi connectivity index (χ2v) is 11.0.